The van der Waals surface area contributed by atoms with Crippen molar-refractivity contribution in [3.05, 3.63) is 82.5 Å². The lowest BCUT2D eigenvalue weighted by atomic mass is 10.00. The van der Waals surface area contributed by atoms with Gasteiger partial charge in [-0.25, -0.2) is 8.78 Å². The first-order chi connectivity index (χ1) is 13.4. The number of aromatic nitrogens is 2. The summed E-state index contributed by atoms with van der Waals surface area (Å²) in [5.41, 5.74) is 2.06. The van der Waals surface area contributed by atoms with E-state index in [-0.39, 0.29) is 12.5 Å². The summed E-state index contributed by atoms with van der Waals surface area (Å²) in [7, 11) is 0. The molecule has 0 atom stereocenters. The van der Waals surface area contributed by atoms with Crippen molar-refractivity contribution in [2.45, 2.75) is 32.5 Å². The van der Waals surface area contributed by atoms with E-state index >= 15 is 0 Å². The third-order valence-corrected chi connectivity index (χ3v) is 5.28. The van der Waals surface area contributed by atoms with Crippen LogP contribution in [0.5, 0.6) is 0 Å². The fraction of sp³-hybridized carbons (Fsp3) is 0.238. The topological polar surface area (TPSA) is 61.0 Å². The molecule has 2 heterocycles. The lowest BCUT2D eigenvalue weighted by Crippen LogP contribution is -2.35. The number of aromatic amines is 1. The lowest BCUT2D eigenvalue weighted by molar-refractivity contribution is 0.102. The smallest absolute Gasteiger partial charge is 0.256 e. The molecule has 2 aromatic carbocycles. The molecule has 0 spiro atoms. The van der Waals surface area contributed by atoms with Crippen molar-refractivity contribution in [3.8, 4) is 0 Å². The summed E-state index contributed by atoms with van der Waals surface area (Å²) >= 11 is 0. The summed E-state index contributed by atoms with van der Waals surface area (Å²) in [5, 5.41) is 10.1. The molecule has 0 fully saturated rings. The Morgan fingerprint density at radius 1 is 1.18 bits per heavy atom. The zero-order valence-corrected chi connectivity index (χ0v) is 15.6. The van der Waals surface area contributed by atoms with Gasteiger partial charge in [-0.3, -0.25) is 14.8 Å². The number of anilines is 1. The highest BCUT2D eigenvalue weighted by Crippen LogP contribution is 2.41. The maximum atomic E-state index is 14.1. The molecule has 7 heteroatoms. The molecule has 3 aromatic rings. The Morgan fingerprint density at radius 2 is 1.93 bits per heavy atom. The number of nitrogens with one attached hydrogen (secondary N) is 2. The van der Waals surface area contributed by atoms with Crippen LogP contribution < -0.4 is 5.32 Å². The molecule has 0 bridgehead atoms. The molecular weight excluding hydrogens is 362 g/mol. The summed E-state index contributed by atoms with van der Waals surface area (Å²) in [5.74, 6) is -1.48. The van der Waals surface area contributed by atoms with E-state index in [1.54, 1.807) is 30.3 Å². The Balaban J connectivity index is 1.58. The van der Waals surface area contributed by atoms with E-state index in [2.05, 4.69) is 15.5 Å². The minimum atomic E-state index is -0.856. The fourth-order valence-corrected chi connectivity index (χ4v) is 3.57. The highest BCUT2D eigenvalue weighted by molar-refractivity contribution is 6.04. The minimum Gasteiger partial charge on any atom is -0.305 e. The molecule has 28 heavy (non-hydrogen) atoms. The van der Waals surface area contributed by atoms with Crippen LogP contribution in [0.2, 0.25) is 0 Å². The van der Waals surface area contributed by atoms with Crippen molar-refractivity contribution in [3.63, 3.8) is 0 Å². The predicted octanol–water partition coefficient (Wildman–Crippen LogP) is 4.19. The number of carbonyl (C=O) groups is 1. The van der Waals surface area contributed by atoms with Gasteiger partial charge in [0.05, 0.1) is 11.2 Å². The summed E-state index contributed by atoms with van der Waals surface area (Å²) in [4.78, 5) is 14.5. The number of hydrogen-bond acceptors (Lipinski definition) is 3. The van der Waals surface area contributed by atoms with Crippen LogP contribution in [0.3, 0.4) is 0 Å². The second-order valence-electron chi connectivity index (χ2n) is 7.37. The zero-order valence-electron chi connectivity index (χ0n) is 15.6. The van der Waals surface area contributed by atoms with E-state index in [9.17, 15) is 13.6 Å². The average Bonchev–Trinajstić information content (AvgIpc) is 3.18. The molecule has 5 nitrogen and oxygen atoms in total. The number of H-pyrrole nitrogens is 1. The number of amides is 1. The Bertz CT molecular complexity index is 1030. The minimum absolute atomic E-state index is 0.241. The quantitative estimate of drug-likeness (QED) is 0.711. The first-order valence-electron chi connectivity index (χ1n) is 9.00. The van der Waals surface area contributed by atoms with Crippen molar-refractivity contribution < 1.29 is 13.6 Å². The molecule has 2 N–H and O–H groups in total. The van der Waals surface area contributed by atoms with Gasteiger partial charge in [0.25, 0.3) is 5.91 Å². The van der Waals surface area contributed by atoms with Gasteiger partial charge in [-0.1, -0.05) is 30.3 Å². The second kappa shape index (κ2) is 6.83. The average molecular weight is 382 g/mol. The molecule has 1 amide bonds. The summed E-state index contributed by atoms with van der Waals surface area (Å²) in [6.45, 7) is 4.67. The van der Waals surface area contributed by atoms with Gasteiger partial charge in [0, 0.05) is 29.8 Å². The van der Waals surface area contributed by atoms with Gasteiger partial charge in [0.1, 0.15) is 0 Å². The standard InChI is InChI=1S/C21H20F2N4O/c1-21(2)18-15(12-27(21)11-14-9-6-10-16(22)17(14)23)19(26-25-18)24-20(28)13-7-4-3-5-8-13/h3-10H,11-12H2,1-2H3,(H2,24,25,26,28). The molecule has 0 radical (unpaired) electrons. The first kappa shape index (κ1) is 18.3. The van der Waals surface area contributed by atoms with Crippen molar-refractivity contribution in [1.29, 1.82) is 0 Å². The largest absolute Gasteiger partial charge is 0.305 e. The number of hydrogen-bond donors (Lipinski definition) is 2. The van der Waals surface area contributed by atoms with E-state index in [4.69, 9.17) is 0 Å². The second-order valence-corrected chi connectivity index (χ2v) is 7.37. The van der Waals surface area contributed by atoms with Crippen LogP contribution in [-0.4, -0.2) is 21.0 Å². The van der Waals surface area contributed by atoms with E-state index in [1.165, 1.54) is 6.07 Å². The maximum absolute atomic E-state index is 14.1. The van der Waals surface area contributed by atoms with Crippen LogP contribution in [0, 0.1) is 11.6 Å². The highest BCUT2D eigenvalue weighted by Gasteiger charge is 2.41. The third kappa shape index (κ3) is 3.07. The monoisotopic (exact) mass is 382 g/mol. The van der Waals surface area contributed by atoms with Crippen molar-refractivity contribution in [2.24, 2.45) is 0 Å². The van der Waals surface area contributed by atoms with Crippen molar-refractivity contribution >= 4 is 11.7 Å². The maximum Gasteiger partial charge on any atom is 0.256 e. The van der Waals surface area contributed by atoms with Crippen LogP contribution in [0.4, 0.5) is 14.6 Å². The van der Waals surface area contributed by atoms with Crippen LogP contribution in [0.15, 0.2) is 48.5 Å². The molecular formula is C21H20F2N4O. The molecule has 0 aliphatic carbocycles. The molecule has 0 unspecified atom stereocenters. The van der Waals surface area contributed by atoms with E-state index < -0.39 is 17.2 Å². The van der Waals surface area contributed by atoms with Crippen LogP contribution in [0.1, 0.15) is 41.0 Å². The fourth-order valence-electron chi connectivity index (χ4n) is 3.57. The van der Waals surface area contributed by atoms with E-state index in [0.29, 0.717) is 23.5 Å². The normalized spacial score (nSPS) is 15.4. The molecule has 144 valence electrons. The molecule has 1 aliphatic heterocycles. The summed E-state index contributed by atoms with van der Waals surface area (Å²) in [6.07, 6.45) is 0. The molecule has 0 saturated carbocycles. The van der Waals surface area contributed by atoms with Crippen LogP contribution >= 0.6 is 0 Å². The zero-order chi connectivity index (χ0) is 19.9. The molecule has 4 rings (SSSR count). The van der Waals surface area contributed by atoms with Gasteiger partial charge in [-0.05, 0) is 32.0 Å². The molecule has 1 aliphatic rings. The van der Waals surface area contributed by atoms with Gasteiger partial charge in [0.2, 0.25) is 0 Å². The van der Waals surface area contributed by atoms with Crippen molar-refractivity contribution in [2.75, 3.05) is 5.32 Å². The lowest BCUT2D eigenvalue weighted by Gasteiger charge is -2.31. The summed E-state index contributed by atoms with van der Waals surface area (Å²) in [6, 6.07) is 13.1. The Hall–Kier alpha value is -3.06. The van der Waals surface area contributed by atoms with E-state index in [1.807, 2.05) is 24.8 Å². The van der Waals surface area contributed by atoms with E-state index in [0.717, 1.165) is 17.3 Å². The number of rotatable bonds is 4. The summed E-state index contributed by atoms with van der Waals surface area (Å²) < 4.78 is 27.7. The Labute approximate surface area is 161 Å². The van der Waals surface area contributed by atoms with Gasteiger partial charge >= 0.3 is 0 Å². The SMILES string of the molecule is CC1(C)c2[nH]nc(NC(=O)c3ccccc3)c2CN1Cc1cccc(F)c1F. The number of halogens is 2. The number of fused-ring (bicyclic) bond motifs is 1. The highest BCUT2D eigenvalue weighted by atomic mass is 19.2. The number of benzene rings is 2. The molecule has 1 aromatic heterocycles. The van der Waals surface area contributed by atoms with Crippen molar-refractivity contribution in [1.82, 2.24) is 15.1 Å². The van der Waals surface area contributed by atoms with Gasteiger partial charge < -0.3 is 5.32 Å². The van der Waals surface area contributed by atoms with Crippen LogP contribution in [0.25, 0.3) is 0 Å². The Kier molecular flexibility index (Phi) is 4.47. The number of carbonyl (C=O) groups excluding carboxylic acids is 1. The van der Waals surface area contributed by atoms with Gasteiger partial charge in [0.15, 0.2) is 17.5 Å². The van der Waals surface area contributed by atoms with Gasteiger partial charge in [-0.2, -0.15) is 5.10 Å². The van der Waals surface area contributed by atoms with Gasteiger partial charge in [-0.15, -0.1) is 0 Å². The number of nitrogens with zero attached hydrogens (tertiary/aromatic N) is 2. The molecule has 0 saturated heterocycles. The third-order valence-electron chi connectivity index (χ3n) is 5.28. The predicted molar refractivity (Wildman–Crippen MR) is 102 cm³/mol. The Morgan fingerprint density at radius 3 is 2.68 bits per heavy atom. The first-order valence-corrected chi connectivity index (χ1v) is 9.00. The van der Waals surface area contributed by atoms with Crippen LogP contribution in [-0.2, 0) is 18.6 Å².